The van der Waals surface area contributed by atoms with Gasteiger partial charge in [-0.2, -0.15) is 13.2 Å². The number of halogens is 4. The first kappa shape index (κ1) is 26.0. The summed E-state index contributed by atoms with van der Waals surface area (Å²) in [5.74, 6) is 0.0358. The first-order valence-corrected chi connectivity index (χ1v) is 11.8. The van der Waals surface area contributed by atoms with Crippen molar-refractivity contribution in [3.8, 4) is 0 Å². The molecular weight excluding hydrogens is 501 g/mol. The first-order valence-electron chi connectivity index (χ1n) is 11.5. The van der Waals surface area contributed by atoms with E-state index in [9.17, 15) is 27.9 Å². The van der Waals surface area contributed by atoms with Gasteiger partial charge < -0.3 is 26.4 Å². The average Bonchev–Trinajstić information content (AvgIpc) is 2.82. The fourth-order valence-electron chi connectivity index (χ4n) is 4.80. The molecule has 36 heavy (non-hydrogen) atoms. The Kier molecular flexibility index (Phi) is 7.28. The third kappa shape index (κ3) is 5.49. The number of nitrogens with two attached hydrogens (primary N) is 1. The van der Waals surface area contributed by atoms with Gasteiger partial charge >= 0.3 is 6.18 Å². The van der Waals surface area contributed by atoms with Crippen molar-refractivity contribution >= 4 is 35.4 Å². The van der Waals surface area contributed by atoms with Gasteiger partial charge in [0.1, 0.15) is 11.4 Å². The number of nitrogens with zero attached hydrogens (tertiary/aromatic N) is 3. The maximum absolute atomic E-state index is 13.5. The van der Waals surface area contributed by atoms with Gasteiger partial charge in [0, 0.05) is 30.8 Å². The number of hydrogen-bond acceptors (Lipinski definition) is 7. The maximum atomic E-state index is 13.5. The Hall–Kier alpha value is -3.12. The molecule has 13 heteroatoms. The van der Waals surface area contributed by atoms with Crippen LogP contribution in [0.3, 0.4) is 0 Å². The molecule has 4 rings (SSSR count). The third-order valence-electron chi connectivity index (χ3n) is 6.68. The van der Waals surface area contributed by atoms with Gasteiger partial charge in [-0.1, -0.05) is 0 Å². The number of benzene rings is 1. The van der Waals surface area contributed by atoms with Crippen molar-refractivity contribution < 1.29 is 27.9 Å². The molecule has 1 saturated carbocycles. The summed E-state index contributed by atoms with van der Waals surface area (Å²) in [6.07, 6.45) is -2.76. The summed E-state index contributed by atoms with van der Waals surface area (Å²) < 4.78 is 39.5. The zero-order chi connectivity index (χ0) is 26.1. The predicted molar refractivity (Wildman–Crippen MR) is 126 cm³/mol. The van der Waals surface area contributed by atoms with E-state index in [1.165, 1.54) is 6.07 Å². The summed E-state index contributed by atoms with van der Waals surface area (Å²) in [6.45, 7) is 0.452. The summed E-state index contributed by atoms with van der Waals surface area (Å²) in [5.41, 5.74) is 5.20. The van der Waals surface area contributed by atoms with Crippen molar-refractivity contribution in [2.45, 2.75) is 63.0 Å². The van der Waals surface area contributed by atoms with Crippen molar-refractivity contribution in [2.24, 2.45) is 0 Å². The van der Waals surface area contributed by atoms with Crippen molar-refractivity contribution in [1.29, 1.82) is 0 Å². The lowest BCUT2D eigenvalue weighted by atomic mass is 9.79. The minimum Gasteiger partial charge on any atom is -0.399 e. The quantitative estimate of drug-likeness (QED) is 0.258. The standard InChI is InChI=1S/C23H26ClF3N6O3/c24-21-31-18-3-6-33(20(36)22(30-12-34)4-1-16(35)2-5-22)11-17(18)19(32-21)29-10-13-7-14(23(25,26)27)9-15(28)8-13/h7-9,12,16,35H,1-6,10-11,28H2,(H,30,34)(H,29,31,32). The molecule has 1 aliphatic heterocycles. The molecule has 194 valence electrons. The van der Waals surface area contributed by atoms with Gasteiger partial charge in [-0.3, -0.25) is 9.59 Å². The highest BCUT2D eigenvalue weighted by atomic mass is 35.5. The molecule has 5 N–H and O–H groups in total. The number of anilines is 2. The molecule has 9 nitrogen and oxygen atoms in total. The second kappa shape index (κ2) is 10.1. The topological polar surface area (TPSA) is 133 Å². The Morgan fingerprint density at radius 1 is 1.28 bits per heavy atom. The molecule has 2 aliphatic rings. The van der Waals surface area contributed by atoms with Crippen LogP contribution in [0, 0.1) is 0 Å². The number of carbonyl (C=O) groups excluding carboxylic acids is 2. The minimum absolute atomic E-state index is 0.0175. The summed E-state index contributed by atoms with van der Waals surface area (Å²) in [4.78, 5) is 34.9. The van der Waals surface area contributed by atoms with Crippen LogP contribution in [0.4, 0.5) is 24.7 Å². The van der Waals surface area contributed by atoms with Crippen LogP contribution in [0.25, 0.3) is 0 Å². The highest BCUT2D eigenvalue weighted by Crippen LogP contribution is 2.34. The van der Waals surface area contributed by atoms with Crippen LogP contribution in [-0.4, -0.2) is 50.5 Å². The predicted octanol–water partition coefficient (Wildman–Crippen LogP) is 2.65. The number of aromatic nitrogens is 2. The molecule has 2 heterocycles. The van der Waals surface area contributed by atoms with Crippen molar-refractivity contribution in [1.82, 2.24) is 20.2 Å². The van der Waals surface area contributed by atoms with E-state index >= 15 is 0 Å². The van der Waals surface area contributed by atoms with Gasteiger partial charge in [0.05, 0.1) is 23.9 Å². The van der Waals surface area contributed by atoms with Gasteiger partial charge in [-0.05, 0) is 61.0 Å². The highest BCUT2D eigenvalue weighted by molar-refractivity contribution is 6.28. The Bertz CT molecular complexity index is 1150. The van der Waals surface area contributed by atoms with E-state index in [4.69, 9.17) is 17.3 Å². The number of carbonyl (C=O) groups is 2. The first-order chi connectivity index (χ1) is 17.0. The number of nitrogens with one attached hydrogen (secondary N) is 2. The number of aliphatic hydroxyl groups is 1. The van der Waals surface area contributed by atoms with Crippen LogP contribution in [0.2, 0.25) is 5.28 Å². The lowest BCUT2D eigenvalue weighted by Gasteiger charge is -2.42. The number of aliphatic hydroxyl groups excluding tert-OH is 1. The van der Waals surface area contributed by atoms with Crippen molar-refractivity contribution in [3.63, 3.8) is 0 Å². The molecule has 0 bridgehead atoms. The smallest absolute Gasteiger partial charge is 0.399 e. The fourth-order valence-corrected chi connectivity index (χ4v) is 4.99. The van der Waals surface area contributed by atoms with E-state index in [-0.39, 0.29) is 30.0 Å². The molecule has 2 amide bonds. The molecule has 0 radical (unpaired) electrons. The normalized spacial score (nSPS) is 22.0. The summed E-state index contributed by atoms with van der Waals surface area (Å²) in [7, 11) is 0. The molecule has 0 saturated heterocycles. The largest absolute Gasteiger partial charge is 0.416 e. The molecule has 1 fully saturated rings. The zero-order valence-electron chi connectivity index (χ0n) is 19.2. The molecule has 1 aromatic carbocycles. The number of amides is 2. The van der Waals surface area contributed by atoms with Gasteiger partial charge in [0.25, 0.3) is 0 Å². The maximum Gasteiger partial charge on any atom is 0.416 e. The second-order valence-electron chi connectivity index (χ2n) is 9.13. The van der Waals surface area contributed by atoms with Crippen LogP contribution in [0.5, 0.6) is 0 Å². The lowest BCUT2D eigenvalue weighted by molar-refractivity contribution is -0.143. The number of hydrogen-bond donors (Lipinski definition) is 4. The summed E-state index contributed by atoms with van der Waals surface area (Å²) >= 11 is 6.09. The van der Waals surface area contributed by atoms with Crippen LogP contribution < -0.4 is 16.4 Å². The number of fused-ring (bicyclic) bond motifs is 1. The monoisotopic (exact) mass is 526 g/mol. The van der Waals surface area contributed by atoms with Gasteiger partial charge in [0.15, 0.2) is 0 Å². The van der Waals surface area contributed by atoms with Gasteiger partial charge in [0.2, 0.25) is 17.6 Å². The Morgan fingerprint density at radius 3 is 2.67 bits per heavy atom. The molecule has 0 atom stereocenters. The van der Waals surface area contributed by atoms with E-state index in [2.05, 4.69) is 20.6 Å². The van der Waals surface area contributed by atoms with Gasteiger partial charge in [-0.25, -0.2) is 9.97 Å². The van der Waals surface area contributed by atoms with E-state index in [0.717, 1.165) is 12.1 Å². The van der Waals surface area contributed by atoms with Gasteiger partial charge in [-0.15, -0.1) is 0 Å². The minimum atomic E-state index is -4.54. The number of nitrogen functional groups attached to an aromatic ring is 1. The fraction of sp³-hybridized carbons (Fsp3) is 0.478. The molecule has 0 unspecified atom stereocenters. The SMILES string of the molecule is Nc1cc(CNc2nc(Cl)nc3c2CN(C(=O)C2(NC=O)CCC(O)CC2)CC3)cc(C(F)(F)F)c1. The van der Waals surface area contributed by atoms with E-state index in [1.807, 2.05) is 0 Å². The van der Waals surface area contributed by atoms with E-state index in [1.54, 1.807) is 4.90 Å². The average molecular weight is 527 g/mol. The lowest BCUT2D eigenvalue weighted by Crippen LogP contribution is -2.60. The molecule has 2 aromatic rings. The second-order valence-corrected chi connectivity index (χ2v) is 9.47. The zero-order valence-corrected chi connectivity index (χ0v) is 20.0. The Labute approximate surface area is 210 Å². The van der Waals surface area contributed by atoms with Crippen LogP contribution in [0.15, 0.2) is 18.2 Å². The Balaban J connectivity index is 1.56. The van der Waals surface area contributed by atoms with Crippen molar-refractivity contribution in [2.75, 3.05) is 17.6 Å². The summed E-state index contributed by atoms with van der Waals surface area (Å²) in [5, 5.41) is 15.5. The Morgan fingerprint density at radius 2 is 2.00 bits per heavy atom. The van der Waals surface area contributed by atoms with Crippen LogP contribution >= 0.6 is 11.6 Å². The third-order valence-corrected chi connectivity index (χ3v) is 6.84. The highest BCUT2D eigenvalue weighted by Gasteiger charge is 2.44. The van der Waals surface area contributed by atoms with E-state index in [0.29, 0.717) is 67.7 Å². The number of rotatable bonds is 6. The molecule has 1 aliphatic carbocycles. The molecule has 1 aromatic heterocycles. The van der Waals surface area contributed by atoms with Crippen molar-refractivity contribution in [3.05, 3.63) is 45.9 Å². The number of alkyl halides is 3. The van der Waals surface area contributed by atoms with Crippen LogP contribution in [0.1, 0.15) is 48.1 Å². The summed E-state index contributed by atoms with van der Waals surface area (Å²) in [6, 6.07) is 3.30. The van der Waals surface area contributed by atoms with Crippen LogP contribution in [-0.2, 0) is 35.3 Å². The molecule has 0 spiro atoms. The molecular formula is C23H26ClF3N6O3. The van der Waals surface area contributed by atoms with E-state index < -0.39 is 23.4 Å².